The molecule has 1 aromatic heterocycles. The molecular formula is C16H14BrNO3S. The molecule has 0 spiro atoms. The van der Waals surface area contributed by atoms with Gasteiger partial charge in [-0.2, -0.15) is 0 Å². The summed E-state index contributed by atoms with van der Waals surface area (Å²) in [6.07, 6.45) is 0.984. The summed E-state index contributed by atoms with van der Waals surface area (Å²) in [5.41, 5.74) is 1.21. The number of carbonyl (C=O) groups is 1. The molecule has 0 radical (unpaired) electrons. The van der Waals surface area contributed by atoms with Crippen LogP contribution in [0.15, 0.2) is 34.1 Å². The fraction of sp³-hybridized carbons (Fsp3) is 0.312. The van der Waals surface area contributed by atoms with Gasteiger partial charge in [-0.3, -0.25) is 4.79 Å². The Morgan fingerprint density at radius 1 is 1.27 bits per heavy atom. The van der Waals surface area contributed by atoms with Gasteiger partial charge in [-0.1, -0.05) is 6.07 Å². The van der Waals surface area contributed by atoms with E-state index in [4.69, 9.17) is 9.47 Å². The average molecular weight is 380 g/mol. The van der Waals surface area contributed by atoms with Gasteiger partial charge < -0.3 is 14.4 Å². The van der Waals surface area contributed by atoms with Crippen LogP contribution in [0.3, 0.4) is 0 Å². The van der Waals surface area contributed by atoms with E-state index in [2.05, 4.69) is 22.0 Å². The maximum atomic E-state index is 12.5. The van der Waals surface area contributed by atoms with Gasteiger partial charge in [0.05, 0.1) is 4.88 Å². The van der Waals surface area contributed by atoms with Crippen LogP contribution in [0.1, 0.15) is 27.6 Å². The third kappa shape index (κ3) is 2.50. The molecule has 2 aliphatic heterocycles. The number of likely N-dealkylation sites (tertiary alicyclic amines) is 1. The van der Waals surface area contributed by atoms with Crippen LogP contribution in [0, 0.1) is 0 Å². The van der Waals surface area contributed by atoms with E-state index in [0.29, 0.717) is 12.7 Å². The topological polar surface area (TPSA) is 38.8 Å². The zero-order valence-corrected chi connectivity index (χ0v) is 14.2. The van der Waals surface area contributed by atoms with Crippen molar-refractivity contribution >= 4 is 33.2 Å². The number of fused-ring (bicyclic) bond motifs is 1. The summed E-state index contributed by atoms with van der Waals surface area (Å²) in [7, 11) is 0. The Kier molecular flexibility index (Phi) is 3.58. The second-order valence-corrected chi connectivity index (χ2v) is 7.31. The standard InChI is InChI=1S/C16H14BrNO3S/c17-12-6-15(22-8-12)16(19)18-4-3-11(7-18)10-1-2-13-14(5-10)21-9-20-13/h1-2,5-6,8,11H,3-4,7,9H2/t11-/m1/s1. The van der Waals surface area contributed by atoms with Gasteiger partial charge in [0.1, 0.15) is 0 Å². The van der Waals surface area contributed by atoms with Crippen LogP contribution in [0.2, 0.25) is 0 Å². The molecular weight excluding hydrogens is 366 g/mol. The third-order valence-corrected chi connectivity index (χ3v) is 5.80. The van der Waals surface area contributed by atoms with Crippen LogP contribution in [0.4, 0.5) is 0 Å². The minimum Gasteiger partial charge on any atom is -0.454 e. The molecule has 3 heterocycles. The molecule has 22 heavy (non-hydrogen) atoms. The summed E-state index contributed by atoms with van der Waals surface area (Å²) in [6, 6.07) is 7.97. The molecule has 1 saturated heterocycles. The number of thiophene rings is 1. The monoisotopic (exact) mass is 379 g/mol. The summed E-state index contributed by atoms with van der Waals surface area (Å²) >= 11 is 4.88. The van der Waals surface area contributed by atoms with Gasteiger partial charge in [-0.15, -0.1) is 11.3 Å². The molecule has 0 unspecified atom stereocenters. The number of hydrogen-bond donors (Lipinski definition) is 0. The Bertz CT molecular complexity index is 730. The number of carbonyl (C=O) groups excluding carboxylic acids is 1. The molecule has 6 heteroatoms. The maximum absolute atomic E-state index is 12.5. The number of nitrogens with zero attached hydrogens (tertiary/aromatic N) is 1. The molecule has 2 aliphatic rings. The quantitative estimate of drug-likeness (QED) is 0.794. The minimum absolute atomic E-state index is 0.124. The van der Waals surface area contributed by atoms with Gasteiger partial charge in [0.25, 0.3) is 5.91 Å². The number of benzene rings is 1. The molecule has 1 fully saturated rings. The van der Waals surface area contributed by atoms with Crippen molar-refractivity contribution in [2.75, 3.05) is 19.9 Å². The van der Waals surface area contributed by atoms with E-state index in [1.165, 1.54) is 16.9 Å². The Hall–Kier alpha value is -1.53. The SMILES string of the molecule is O=C(c1cc(Br)cs1)N1CC[C@@H](c2ccc3c(c2)OCO3)C1. The van der Waals surface area contributed by atoms with Crippen molar-refractivity contribution in [3.05, 3.63) is 44.6 Å². The van der Waals surface area contributed by atoms with Crippen molar-refractivity contribution in [2.24, 2.45) is 0 Å². The number of rotatable bonds is 2. The summed E-state index contributed by atoms with van der Waals surface area (Å²) in [5, 5.41) is 1.94. The highest BCUT2D eigenvalue weighted by molar-refractivity contribution is 9.10. The van der Waals surface area contributed by atoms with E-state index >= 15 is 0 Å². The Labute approximate surface area is 140 Å². The van der Waals surface area contributed by atoms with Crippen molar-refractivity contribution in [3.8, 4) is 11.5 Å². The fourth-order valence-electron chi connectivity index (χ4n) is 2.96. The lowest BCUT2D eigenvalue weighted by Gasteiger charge is -2.16. The molecule has 1 atom stereocenters. The third-order valence-electron chi connectivity index (χ3n) is 4.12. The second-order valence-electron chi connectivity index (χ2n) is 5.48. The van der Waals surface area contributed by atoms with Crippen LogP contribution < -0.4 is 9.47 Å². The molecule has 4 rings (SSSR count). The zero-order chi connectivity index (χ0) is 15.1. The Balaban J connectivity index is 1.49. The summed E-state index contributed by atoms with van der Waals surface area (Å²) in [5.74, 6) is 2.10. The lowest BCUT2D eigenvalue weighted by Crippen LogP contribution is -2.27. The predicted molar refractivity (Wildman–Crippen MR) is 87.8 cm³/mol. The summed E-state index contributed by atoms with van der Waals surface area (Å²) < 4.78 is 11.7. The van der Waals surface area contributed by atoms with E-state index in [0.717, 1.165) is 40.4 Å². The lowest BCUT2D eigenvalue weighted by molar-refractivity contribution is 0.0795. The van der Waals surface area contributed by atoms with Crippen molar-refractivity contribution in [3.63, 3.8) is 0 Å². The first-order valence-electron chi connectivity index (χ1n) is 7.13. The highest BCUT2D eigenvalue weighted by Crippen LogP contribution is 2.37. The van der Waals surface area contributed by atoms with E-state index < -0.39 is 0 Å². The van der Waals surface area contributed by atoms with Gasteiger partial charge in [0.15, 0.2) is 11.5 Å². The highest BCUT2D eigenvalue weighted by atomic mass is 79.9. The first kappa shape index (κ1) is 14.1. The van der Waals surface area contributed by atoms with E-state index in [1.807, 2.05) is 28.5 Å². The molecule has 1 amide bonds. The van der Waals surface area contributed by atoms with Gasteiger partial charge in [-0.05, 0) is 46.1 Å². The first-order valence-corrected chi connectivity index (χ1v) is 8.81. The number of amides is 1. The van der Waals surface area contributed by atoms with Crippen molar-refractivity contribution in [1.82, 2.24) is 4.90 Å². The van der Waals surface area contributed by atoms with Gasteiger partial charge in [-0.25, -0.2) is 0 Å². The first-order chi connectivity index (χ1) is 10.7. The van der Waals surface area contributed by atoms with Crippen LogP contribution in [0.5, 0.6) is 11.5 Å². The fourth-order valence-corrected chi connectivity index (χ4v) is 4.36. The van der Waals surface area contributed by atoms with Crippen LogP contribution in [-0.2, 0) is 0 Å². The number of hydrogen-bond acceptors (Lipinski definition) is 4. The van der Waals surface area contributed by atoms with Crippen molar-refractivity contribution in [2.45, 2.75) is 12.3 Å². The molecule has 114 valence electrons. The zero-order valence-electron chi connectivity index (χ0n) is 11.8. The molecule has 1 aromatic carbocycles. The maximum Gasteiger partial charge on any atom is 0.263 e. The molecule has 0 aliphatic carbocycles. The highest BCUT2D eigenvalue weighted by Gasteiger charge is 2.29. The second kappa shape index (κ2) is 5.59. The lowest BCUT2D eigenvalue weighted by atomic mass is 9.98. The van der Waals surface area contributed by atoms with Crippen LogP contribution in [0.25, 0.3) is 0 Å². The van der Waals surface area contributed by atoms with Crippen LogP contribution in [-0.4, -0.2) is 30.7 Å². The molecule has 0 N–H and O–H groups in total. The Morgan fingerprint density at radius 2 is 2.14 bits per heavy atom. The predicted octanol–water partition coefficient (Wildman–Crippen LogP) is 3.87. The summed E-state index contributed by atoms with van der Waals surface area (Å²) in [4.78, 5) is 15.2. The van der Waals surface area contributed by atoms with Gasteiger partial charge in [0.2, 0.25) is 6.79 Å². The van der Waals surface area contributed by atoms with Gasteiger partial charge in [0, 0.05) is 28.9 Å². The van der Waals surface area contributed by atoms with E-state index in [-0.39, 0.29) is 5.91 Å². The van der Waals surface area contributed by atoms with Crippen LogP contribution >= 0.6 is 27.3 Å². The summed E-state index contributed by atoms with van der Waals surface area (Å²) in [6.45, 7) is 1.85. The molecule has 2 aromatic rings. The molecule has 4 nitrogen and oxygen atoms in total. The van der Waals surface area contributed by atoms with E-state index in [1.54, 1.807) is 0 Å². The smallest absolute Gasteiger partial charge is 0.263 e. The van der Waals surface area contributed by atoms with Crippen molar-refractivity contribution in [1.29, 1.82) is 0 Å². The minimum atomic E-state index is 0.124. The number of halogens is 1. The largest absolute Gasteiger partial charge is 0.454 e. The molecule has 0 saturated carbocycles. The van der Waals surface area contributed by atoms with Crippen molar-refractivity contribution < 1.29 is 14.3 Å². The van der Waals surface area contributed by atoms with Gasteiger partial charge >= 0.3 is 0 Å². The normalized spacial score (nSPS) is 19.7. The molecule has 0 bridgehead atoms. The Morgan fingerprint density at radius 3 is 2.95 bits per heavy atom. The average Bonchev–Trinajstić information content (AvgIpc) is 3.25. The van der Waals surface area contributed by atoms with E-state index in [9.17, 15) is 4.79 Å². The number of ether oxygens (including phenoxy) is 2.